The number of nitrogens with one attached hydrogen (secondary N) is 2. The molecule has 0 aromatic heterocycles. The number of benzene rings is 2. The van der Waals surface area contributed by atoms with Crippen LogP contribution in [0.15, 0.2) is 42.5 Å². The molecule has 2 N–H and O–H groups in total. The van der Waals surface area contributed by atoms with Gasteiger partial charge in [-0.1, -0.05) is 19.9 Å². The third kappa shape index (κ3) is 4.14. The lowest BCUT2D eigenvalue weighted by molar-refractivity contribution is -0.122. The molecule has 0 aliphatic carbocycles. The zero-order valence-electron chi connectivity index (χ0n) is 15.0. The Hall–Kier alpha value is -3.02. The lowest BCUT2D eigenvalue weighted by Crippen LogP contribution is -2.34. The quantitative estimate of drug-likeness (QED) is 0.858. The van der Waals surface area contributed by atoms with E-state index in [4.69, 9.17) is 9.47 Å². The summed E-state index contributed by atoms with van der Waals surface area (Å²) in [6.07, 6.45) is -0.531. The highest BCUT2D eigenvalue weighted by atomic mass is 16.5. The smallest absolute Gasteiger partial charge is 0.265 e. The van der Waals surface area contributed by atoms with Crippen LogP contribution in [0.5, 0.6) is 11.5 Å². The van der Waals surface area contributed by atoms with Gasteiger partial charge in [-0.2, -0.15) is 0 Å². The molecule has 26 heavy (non-hydrogen) atoms. The molecular weight excluding hydrogens is 332 g/mol. The minimum Gasteiger partial charge on any atom is -0.493 e. The summed E-state index contributed by atoms with van der Waals surface area (Å²) >= 11 is 0. The molecule has 6 heteroatoms. The molecular formula is C20H22N2O4. The Morgan fingerprint density at radius 1 is 1.27 bits per heavy atom. The monoisotopic (exact) mass is 354 g/mol. The maximum atomic E-state index is 12.5. The summed E-state index contributed by atoms with van der Waals surface area (Å²) in [6, 6.07) is 12.2. The van der Waals surface area contributed by atoms with Gasteiger partial charge in [-0.3, -0.25) is 9.59 Å². The predicted octanol–water partition coefficient (Wildman–Crippen LogP) is 3.69. The average Bonchev–Trinajstić information content (AvgIpc) is 2.61. The summed E-state index contributed by atoms with van der Waals surface area (Å²) in [5.74, 6) is 1.18. The van der Waals surface area contributed by atoms with Gasteiger partial charge in [-0.05, 0) is 49.2 Å². The van der Waals surface area contributed by atoms with Gasteiger partial charge in [-0.25, -0.2) is 0 Å². The van der Waals surface area contributed by atoms with Crippen LogP contribution in [0.1, 0.15) is 31.1 Å². The standard InChI is InChI=1S/C20H22N2O4/c1-12(2)11-25-16-6-4-5-14(9-16)20(24)21-15-7-8-18-17(10-15)22-19(23)13(3)26-18/h4-10,12-13H,11H2,1-3H3,(H,21,24)(H,22,23)/t13-/m1/s1. The molecule has 6 nitrogen and oxygen atoms in total. The number of carbonyl (C=O) groups is 2. The first-order valence-electron chi connectivity index (χ1n) is 8.58. The Kier molecular flexibility index (Phi) is 5.11. The van der Waals surface area contributed by atoms with Crippen LogP contribution < -0.4 is 20.1 Å². The van der Waals surface area contributed by atoms with Crippen molar-refractivity contribution in [1.82, 2.24) is 0 Å². The lowest BCUT2D eigenvalue weighted by atomic mass is 10.1. The van der Waals surface area contributed by atoms with E-state index in [1.807, 2.05) is 6.07 Å². The third-order valence-electron chi connectivity index (χ3n) is 3.85. The molecule has 1 aliphatic rings. The van der Waals surface area contributed by atoms with Crippen LogP contribution >= 0.6 is 0 Å². The number of carbonyl (C=O) groups excluding carboxylic acids is 2. The lowest BCUT2D eigenvalue weighted by Gasteiger charge is -2.23. The van der Waals surface area contributed by atoms with Crippen molar-refractivity contribution >= 4 is 23.2 Å². The van der Waals surface area contributed by atoms with E-state index in [-0.39, 0.29) is 11.8 Å². The Balaban J connectivity index is 1.71. The second-order valence-corrected chi connectivity index (χ2v) is 6.65. The molecule has 1 heterocycles. The van der Waals surface area contributed by atoms with Crippen LogP contribution in [-0.4, -0.2) is 24.5 Å². The van der Waals surface area contributed by atoms with E-state index >= 15 is 0 Å². The molecule has 0 bridgehead atoms. The number of rotatable bonds is 5. The van der Waals surface area contributed by atoms with Crippen molar-refractivity contribution < 1.29 is 19.1 Å². The first-order chi connectivity index (χ1) is 12.4. The van der Waals surface area contributed by atoms with Gasteiger partial charge >= 0.3 is 0 Å². The number of fused-ring (bicyclic) bond motifs is 1. The van der Waals surface area contributed by atoms with Gasteiger partial charge in [0.25, 0.3) is 11.8 Å². The van der Waals surface area contributed by atoms with Crippen LogP contribution in [0.25, 0.3) is 0 Å². The zero-order chi connectivity index (χ0) is 18.7. The van der Waals surface area contributed by atoms with Crippen LogP contribution in [-0.2, 0) is 4.79 Å². The second kappa shape index (κ2) is 7.47. The van der Waals surface area contributed by atoms with Crippen LogP contribution in [0.2, 0.25) is 0 Å². The highest BCUT2D eigenvalue weighted by Crippen LogP contribution is 2.32. The maximum Gasteiger partial charge on any atom is 0.265 e. The van der Waals surface area contributed by atoms with Crippen LogP contribution in [0, 0.1) is 5.92 Å². The zero-order valence-corrected chi connectivity index (χ0v) is 15.0. The highest BCUT2D eigenvalue weighted by molar-refractivity contribution is 6.05. The fourth-order valence-corrected chi connectivity index (χ4v) is 2.48. The minimum absolute atomic E-state index is 0.212. The van der Waals surface area contributed by atoms with E-state index in [0.717, 1.165) is 0 Å². The summed E-state index contributed by atoms with van der Waals surface area (Å²) in [4.78, 5) is 24.2. The number of hydrogen-bond acceptors (Lipinski definition) is 4. The summed E-state index contributed by atoms with van der Waals surface area (Å²) in [6.45, 7) is 6.40. The van der Waals surface area contributed by atoms with E-state index in [0.29, 0.717) is 41.0 Å². The molecule has 0 fully saturated rings. The van der Waals surface area contributed by atoms with Gasteiger partial charge in [0.1, 0.15) is 11.5 Å². The average molecular weight is 354 g/mol. The normalized spacial score (nSPS) is 15.7. The predicted molar refractivity (Wildman–Crippen MR) is 99.9 cm³/mol. The van der Waals surface area contributed by atoms with E-state index in [1.54, 1.807) is 43.3 Å². The van der Waals surface area contributed by atoms with Gasteiger partial charge in [0.2, 0.25) is 0 Å². The maximum absolute atomic E-state index is 12.5. The Morgan fingerprint density at radius 3 is 2.85 bits per heavy atom. The molecule has 0 spiro atoms. The van der Waals surface area contributed by atoms with Crippen molar-refractivity contribution in [3.05, 3.63) is 48.0 Å². The van der Waals surface area contributed by atoms with E-state index in [2.05, 4.69) is 24.5 Å². The number of ether oxygens (including phenoxy) is 2. The van der Waals surface area contributed by atoms with E-state index < -0.39 is 6.10 Å². The molecule has 2 amide bonds. The molecule has 0 unspecified atom stereocenters. The van der Waals surface area contributed by atoms with Crippen molar-refractivity contribution in [3.8, 4) is 11.5 Å². The van der Waals surface area contributed by atoms with Gasteiger partial charge in [0, 0.05) is 11.3 Å². The molecule has 0 saturated heterocycles. The van der Waals surface area contributed by atoms with Crippen molar-refractivity contribution in [2.45, 2.75) is 26.9 Å². The molecule has 2 aromatic carbocycles. The topological polar surface area (TPSA) is 76.7 Å². The van der Waals surface area contributed by atoms with Crippen molar-refractivity contribution in [1.29, 1.82) is 0 Å². The summed E-state index contributed by atoms with van der Waals surface area (Å²) in [5.41, 5.74) is 1.61. The summed E-state index contributed by atoms with van der Waals surface area (Å²) in [5, 5.41) is 5.59. The highest BCUT2D eigenvalue weighted by Gasteiger charge is 2.23. The van der Waals surface area contributed by atoms with Crippen molar-refractivity contribution in [3.63, 3.8) is 0 Å². The minimum atomic E-state index is -0.531. The molecule has 1 atom stereocenters. The molecule has 2 aromatic rings. The molecule has 3 rings (SSSR count). The Morgan fingerprint density at radius 2 is 2.08 bits per heavy atom. The SMILES string of the molecule is CC(C)COc1cccc(C(=O)Nc2ccc3c(c2)NC(=O)[C@@H](C)O3)c1. The number of hydrogen-bond donors (Lipinski definition) is 2. The fraction of sp³-hybridized carbons (Fsp3) is 0.300. The summed E-state index contributed by atoms with van der Waals surface area (Å²) in [7, 11) is 0. The van der Waals surface area contributed by atoms with E-state index in [1.165, 1.54) is 0 Å². The first-order valence-corrected chi connectivity index (χ1v) is 8.58. The van der Waals surface area contributed by atoms with Gasteiger partial charge in [0.15, 0.2) is 6.10 Å². The number of amides is 2. The van der Waals surface area contributed by atoms with Crippen molar-refractivity contribution in [2.24, 2.45) is 5.92 Å². The van der Waals surface area contributed by atoms with Crippen molar-refractivity contribution in [2.75, 3.05) is 17.2 Å². The number of anilines is 2. The van der Waals surface area contributed by atoms with Crippen LogP contribution in [0.4, 0.5) is 11.4 Å². The van der Waals surface area contributed by atoms with Crippen LogP contribution in [0.3, 0.4) is 0 Å². The van der Waals surface area contributed by atoms with Gasteiger partial charge in [0.05, 0.1) is 12.3 Å². The molecule has 136 valence electrons. The molecule has 1 aliphatic heterocycles. The summed E-state index contributed by atoms with van der Waals surface area (Å²) < 4.78 is 11.2. The van der Waals surface area contributed by atoms with Gasteiger partial charge < -0.3 is 20.1 Å². The molecule has 0 saturated carbocycles. The Labute approximate surface area is 152 Å². The third-order valence-corrected chi connectivity index (χ3v) is 3.85. The Bertz CT molecular complexity index is 832. The second-order valence-electron chi connectivity index (χ2n) is 6.65. The molecule has 0 radical (unpaired) electrons. The fourth-order valence-electron chi connectivity index (χ4n) is 2.48. The largest absolute Gasteiger partial charge is 0.493 e. The first kappa shape index (κ1) is 17.8. The van der Waals surface area contributed by atoms with E-state index in [9.17, 15) is 9.59 Å². The van der Waals surface area contributed by atoms with Gasteiger partial charge in [-0.15, -0.1) is 0 Å².